The molecule has 26 heavy (non-hydrogen) atoms. The third-order valence-electron chi connectivity index (χ3n) is 5.20. The number of nitrogens with zero attached hydrogens (tertiary/aromatic N) is 1. The second-order valence-corrected chi connectivity index (χ2v) is 8.75. The van der Waals surface area contributed by atoms with Crippen LogP contribution in [0, 0.1) is 19.8 Å². The average molecular weight is 374 g/mol. The third-order valence-corrected chi connectivity index (χ3v) is 6.47. The maximum absolute atomic E-state index is 13.2. The van der Waals surface area contributed by atoms with E-state index in [1.54, 1.807) is 18.4 Å². The lowest BCUT2D eigenvalue weighted by molar-refractivity contribution is -0.914. The van der Waals surface area contributed by atoms with E-state index in [1.807, 2.05) is 29.2 Å². The van der Waals surface area contributed by atoms with Crippen LogP contribution in [0.2, 0.25) is 0 Å². The number of carbonyl (C=O) groups excluding carboxylic acids is 1. The number of hydrogen-bond donors (Lipinski definition) is 1. The Morgan fingerprint density at radius 2 is 1.96 bits per heavy atom. The van der Waals surface area contributed by atoms with Crippen molar-refractivity contribution in [2.45, 2.75) is 40.7 Å². The highest BCUT2D eigenvalue weighted by Crippen LogP contribution is 2.36. The minimum atomic E-state index is 0.0805. The fourth-order valence-electron chi connectivity index (χ4n) is 3.40. The Bertz CT molecular complexity index is 780. The molecule has 0 saturated carbocycles. The molecule has 1 atom stereocenters. The molecule has 1 aliphatic rings. The highest BCUT2D eigenvalue weighted by atomic mass is 32.1. The highest BCUT2D eigenvalue weighted by Gasteiger charge is 2.33. The zero-order valence-corrected chi connectivity index (χ0v) is 17.2. The quantitative estimate of drug-likeness (QED) is 0.871. The summed E-state index contributed by atoms with van der Waals surface area (Å²) in [6.07, 6.45) is 1.18. The van der Waals surface area contributed by atoms with Crippen molar-refractivity contribution in [3.8, 4) is 5.75 Å². The van der Waals surface area contributed by atoms with Crippen molar-refractivity contribution < 1.29 is 14.4 Å². The van der Waals surface area contributed by atoms with E-state index in [0.717, 1.165) is 30.5 Å². The van der Waals surface area contributed by atoms with Crippen LogP contribution < -0.4 is 14.5 Å². The molecule has 2 heterocycles. The molecule has 140 valence electrons. The maximum Gasteiger partial charge on any atom is 0.263 e. The van der Waals surface area contributed by atoms with Crippen molar-refractivity contribution in [1.82, 2.24) is 0 Å². The van der Waals surface area contributed by atoms with Gasteiger partial charge in [-0.15, -0.1) is 11.3 Å². The van der Waals surface area contributed by atoms with Crippen LogP contribution >= 0.6 is 11.3 Å². The normalized spacial score (nSPS) is 16.7. The van der Waals surface area contributed by atoms with Crippen LogP contribution in [-0.2, 0) is 6.54 Å². The van der Waals surface area contributed by atoms with E-state index in [-0.39, 0.29) is 5.91 Å². The van der Waals surface area contributed by atoms with Crippen molar-refractivity contribution in [3.63, 3.8) is 0 Å². The van der Waals surface area contributed by atoms with E-state index in [0.29, 0.717) is 11.5 Å². The Labute approximate surface area is 160 Å². The number of fused-ring (bicyclic) bond motifs is 1. The minimum Gasteiger partial charge on any atom is -0.497 e. The summed E-state index contributed by atoms with van der Waals surface area (Å²) in [6, 6.07) is 7.42. The fraction of sp³-hybridized carbons (Fsp3) is 0.476. The summed E-state index contributed by atoms with van der Waals surface area (Å²) in [6.45, 7) is 11.7. The number of methoxy groups -OCH3 is 1. The van der Waals surface area contributed by atoms with Gasteiger partial charge in [-0.3, -0.25) is 9.69 Å². The molecule has 1 aliphatic heterocycles. The lowest BCUT2D eigenvalue weighted by Crippen LogP contribution is -3.13. The topological polar surface area (TPSA) is 34.0 Å². The highest BCUT2D eigenvalue weighted by molar-refractivity contribution is 7.16. The lowest BCUT2D eigenvalue weighted by atomic mass is 10.1. The van der Waals surface area contributed by atoms with E-state index >= 15 is 0 Å². The van der Waals surface area contributed by atoms with Gasteiger partial charge >= 0.3 is 0 Å². The second kappa shape index (κ2) is 7.80. The summed E-state index contributed by atoms with van der Waals surface area (Å²) in [5.74, 6) is 1.53. The number of benzene rings is 1. The number of nitrogens with one attached hydrogen (secondary N) is 1. The fourth-order valence-corrected chi connectivity index (χ4v) is 4.57. The molecule has 1 N–H and O–H groups in total. The molecule has 0 aliphatic carbocycles. The Hall–Kier alpha value is -1.85. The number of aryl methyl sites for hydroxylation is 1. The van der Waals surface area contributed by atoms with Crippen molar-refractivity contribution in [2.24, 2.45) is 5.92 Å². The Morgan fingerprint density at radius 3 is 2.58 bits per heavy atom. The van der Waals surface area contributed by atoms with E-state index in [4.69, 9.17) is 4.74 Å². The van der Waals surface area contributed by atoms with Gasteiger partial charge in [0.25, 0.3) is 5.91 Å². The standard InChI is InChI=1S/C21H28N2O2S/c1-14(2)10-11-22-12-19-15(3)16(4)26-21(19)23(13-22)20(24)17-6-8-18(25-5)9-7-17/h6-9,14H,10-13H2,1-5H3/p+1. The van der Waals surface area contributed by atoms with Gasteiger partial charge < -0.3 is 9.64 Å². The van der Waals surface area contributed by atoms with E-state index in [9.17, 15) is 4.79 Å². The van der Waals surface area contributed by atoms with Crippen molar-refractivity contribution in [3.05, 3.63) is 45.8 Å². The maximum atomic E-state index is 13.2. The summed E-state index contributed by atoms with van der Waals surface area (Å²) in [7, 11) is 1.64. The molecule has 0 fully saturated rings. The summed E-state index contributed by atoms with van der Waals surface area (Å²) in [5, 5.41) is 1.13. The Balaban J connectivity index is 1.90. The van der Waals surface area contributed by atoms with Gasteiger partial charge in [-0.2, -0.15) is 0 Å². The molecule has 1 unspecified atom stereocenters. The summed E-state index contributed by atoms with van der Waals surface area (Å²) in [5.41, 5.74) is 3.41. The van der Waals surface area contributed by atoms with Gasteiger partial charge in [0.1, 0.15) is 17.3 Å². The zero-order chi connectivity index (χ0) is 18.8. The zero-order valence-electron chi connectivity index (χ0n) is 16.4. The number of carbonyl (C=O) groups is 1. The van der Waals surface area contributed by atoms with Crippen molar-refractivity contribution in [1.29, 1.82) is 0 Å². The molecular weight excluding hydrogens is 344 g/mol. The van der Waals surface area contributed by atoms with Crippen molar-refractivity contribution in [2.75, 3.05) is 25.2 Å². The molecule has 1 amide bonds. The van der Waals surface area contributed by atoms with Crippen LogP contribution in [0.1, 0.15) is 46.6 Å². The molecule has 0 saturated heterocycles. The first-order chi connectivity index (χ1) is 12.4. The van der Waals surface area contributed by atoms with Gasteiger partial charge in [-0.1, -0.05) is 13.8 Å². The molecule has 0 spiro atoms. The number of amides is 1. The molecule has 0 radical (unpaired) electrons. The number of anilines is 1. The van der Waals surface area contributed by atoms with E-state index in [2.05, 4.69) is 27.7 Å². The SMILES string of the molecule is COc1ccc(C(=O)N2C[NH+](CCC(C)C)Cc3c2sc(C)c3C)cc1. The molecule has 3 rings (SSSR count). The first-order valence-corrected chi connectivity index (χ1v) is 10.1. The summed E-state index contributed by atoms with van der Waals surface area (Å²) >= 11 is 1.75. The van der Waals surface area contributed by atoms with Gasteiger partial charge in [-0.05, 0) is 56.0 Å². The van der Waals surface area contributed by atoms with Gasteiger partial charge in [0.05, 0.1) is 13.7 Å². The molecule has 5 heteroatoms. The van der Waals surface area contributed by atoms with Crippen LogP contribution in [0.5, 0.6) is 5.75 Å². The summed E-state index contributed by atoms with van der Waals surface area (Å²) in [4.78, 5) is 18.0. The van der Waals surface area contributed by atoms with Gasteiger partial charge in [0.2, 0.25) is 0 Å². The molecule has 1 aromatic heterocycles. The van der Waals surface area contributed by atoms with Gasteiger partial charge in [0, 0.05) is 16.0 Å². The molecule has 4 nitrogen and oxygen atoms in total. The smallest absolute Gasteiger partial charge is 0.263 e. The number of rotatable bonds is 5. The van der Waals surface area contributed by atoms with Crippen LogP contribution in [0.4, 0.5) is 5.00 Å². The number of quaternary nitrogens is 1. The largest absolute Gasteiger partial charge is 0.497 e. The molecule has 2 aromatic rings. The van der Waals surface area contributed by atoms with E-state index in [1.165, 1.54) is 27.3 Å². The van der Waals surface area contributed by atoms with E-state index < -0.39 is 0 Å². The van der Waals surface area contributed by atoms with Gasteiger partial charge in [-0.25, -0.2) is 0 Å². The third kappa shape index (κ3) is 3.79. The Kier molecular flexibility index (Phi) is 5.68. The summed E-state index contributed by atoms with van der Waals surface area (Å²) < 4.78 is 5.21. The predicted molar refractivity (Wildman–Crippen MR) is 107 cm³/mol. The lowest BCUT2D eigenvalue weighted by Gasteiger charge is -2.33. The average Bonchev–Trinajstić information content (AvgIpc) is 2.93. The van der Waals surface area contributed by atoms with Crippen LogP contribution in [0.3, 0.4) is 0 Å². The first-order valence-electron chi connectivity index (χ1n) is 9.29. The van der Waals surface area contributed by atoms with Crippen LogP contribution in [-0.4, -0.2) is 26.2 Å². The van der Waals surface area contributed by atoms with Crippen LogP contribution in [0.15, 0.2) is 24.3 Å². The first kappa shape index (κ1) is 18.9. The molecule has 1 aromatic carbocycles. The van der Waals surface area contributed by atoms with Gasteiger partial charge in [0.15, 0.2) is 6.67 Å². The number of thiophene rings is 1. The monoisotopic (exact) mass is 373 g/mol. The van der Waals surface area contributed by atoms with Crippen LogP contribution in [0.25, 0.3) is 0 Å². The molecular formula is C21H29N2O2S+. The minimum absolute atomic E-state index is 0.0805. The van der Waals surface area contributed by atoms with Crippen molar-refractivity contribution >= 4 is 22.2 Å². The number of ether oxygens (including phenoxy) is 1. The number of hydrogen-bond acceptors (Lipinski definition) is 3. The predicted octanol–water partition coefficient (Wildman–Crippen LogP) is 3.42. The molecule has 0 bridgehead atoms. The Morgan fingerprint density at radius 1 is 1.27 bits per heavy atom. The second-order valence-electron chi connectivity index (χ2n) is 7.55.